The molecule has 24 heavy (non-hydrogen) atoms. The maximum Gasteiger partial charge on any atom is 0.336 e. The summed E-state index contributed by atoms with van der Waals surface area (Å²) in [6.07, 6.45) is 18.8. The zero-order valence-corrected chi connectivity index (χ0v) is 13.3. The van der Waals surface area contributed by atoms with E-state index < -0.39 is 5.97 Å². The van der Waals surface area contributed by atoms with Gasteiger partial charge in [-0.1, -0.05) is 18.2 Å². The molecular formula is C20H18N2O2. The van der Waals surface area contributed by atoms with Crippen molar-refractivity contribution < 1.29 is 9.90 Å². The van der Waals surface area contributed by atoms with E-state index >= 15 is 0 Å². The molecule has 3 rings (SSSR count). The summed E-state index contributed by atoms with van der Waals surface area (Å²) in [7, 11) is 0. The lowest BCUT2D eigenvalue weighted by atomic mass is 9.86. The Morgan fingerprint density at radius 3 is 2.04 bits per heavy atom. The molecule has 120 valence electrons. The maximum absolute atomic E-state index is 11.8. The van der Waals surface area contributed by atoms with E-state index in [0.717, 1.165) is 27.8 Å². The van der Waals surface area contributed by atoms with Gasteiger partial charge in [0.2, 0.25) is 0 Å². The van der Waals surface area contributed by atoms with E-state index in [2.05, 4.69) is 10.6 Å². The Labute approximate surface area is 140 Å². The second kappa shape index (κ2) is 6.87. The molecule has 1 aromatic carbocycles. The van der Waals surface area contributed by atoms with Gasteiger partial charge in [0, 0.05) is 30.4 Å². The van der Waals surface area contributed by atoms with Crippen molar-refractivity contribution in [2.45, 2.75) is 6.92 Å². The highest BCUT2D eigenvalue weighted by molar-refractivity contribution is 6.00. The van der Waals surface area contributed by atoms with Crippen LogP contribution in [0.4, 0.5) is 0 Å². The lowest BCUT2D eigenvalue weighted by Gasteiger charge is -2.17. The van der Waals surface area contributed by atoms with Gasteiger partial charge in [-0.05, 0) is 59.6 Å². The molecule has 2 aliphatic rings. The Bertz CT molecular complexity index is 853. The molecule has 0 atom stereocenters. The molecule has 4 nitrogen and oxygen atoms in total. The second-order valence-corrected chi connectivity index (χ2v) is 5.45. The molecule has 0 fully saturated rings. The molecule has 2 heterocycles. The van der Waals surface area contributed by atoms with Gasteiger partial charge in [0.15, 0.2) is 0 Å². The van der Waals surface area contributed by atoms with Gasteiger partial charge in [0.05, 0.1) is 5.56 Å². The number of benzene rings is 1. The average molecular weight is 318 g/mol. The molecule has 0 bridgehead atoms. The largest absolute Gasteiger partial charge is 0.478 e. The normalized spacial score (nSPS) is 15.7. The van der Waals surface area contributed by atoms with Crippen molar-refractivity contribution in [1.29, 1.82) is 0 Å². The van der Waals surface area contributed by atoms with E-state index in [1.807, 2.05) is 61.8 Å². The van der Waals surface area contributed by atoms with Gasteiger partial charge < -0.3 is 15.7 Å². The van der Waals surface area contributed by atoms with Crippen molar-refractivity contribution in [3.63, 3.8) is 0 Å². The second-order valence-electron chi connectivity index (χ2n) is 5.45. The van der Waals surface area contributed by atoms with Crippen molar-refractivity contribution in [3.05, 3.63) is 95.6 Å². The van der Waals surface area contributed by atoms with Crippen LogP contribution in [0.1, 0.15) is 27.0 Å². The number of aromatic carboxylic acids is 1. The first-order chi connectivity index (χ1) is 11.7. The van der Waals surface area contributed by atoms with Crippen LogP contribution in [-0.2, 0) is 0 Å². The van der Waals surface area contributed by atoms with Crippen LogP contribution in [0.5, 0.6) is 0 Å². The van der Waals surface area contributed by atoms with Crippen LogP contribution in [0.2, 0.25) is 0 Å². The molecule has 0 spiro atoms. The lowest BCUT2D eigenvalue weighted by Crippen LogP contribution is -2.07. The molecule has 2 aliphatic heterocycles. The number of nitrogens with one attached hydrogen (secondary N) is 2. The zero-order valence-electron chi connectivity index (χ0n) is 13.3. The third kappa shape index (κ3) is 3.08. The first-order valence-electron chi connectivity index (χ1n) is 7.65. The summed E-state index contributed by atoms with van der Waals surface area (Å²) >= 11 is 0. The predicted molar refractivity (Wildman–Crippen MR) is 96.9 cm³/mol. The summed E-state index contributed by atoms with van der Waals surface area (Å²) in [6, 6.07) is 3.52. The van der Waals surface area contributed by atoms with Gasteiger partial charge >= 0.3 is 5.97 Å². The highest BCUT2D eigenvalue weighted by atomic mass is 16.4. The minimum atomic E-state index is -0.936. The molecule has 1 aromatic rings. The zero-order chi connectivity index (χ0) is 16.9. The summed E-state index contributed by atoms with van der Waals surface area (Å²) in [6.45, 7) is 2.00. The third-order valence-electron chi connectivity index (χ3n) is 3.88. The SMILES string of the molecule is Cc1ccc(C(=O)O)c(C2=CC=CNC=C2)c1C1=CC=CNC=C1. The van der Waals surface area contributed by atoms with Gasteiger partial charge in [0.25, 0.3) is 0 Å². The van der Waals surface area contributed by atoms with E-state index in [0.29, 0.717) is 0 Å². The van der Waals surface area contributed by atoms with Crippen LogP contribution < -0.4 is 10.6 Å². The predicted octanol–water partition coefficient (Wildman–Crippen LogP) is 3.72. The van der Waals surface area contributed by atoms with Crippen LogP contribution in [0.25, 0.3) is 11.1 Å². The number of allylic oxidation sites excluding steroid dienone is 8. The number of aryl methyl sites for hydroxylation is 1. The highest BCUT2D eigenvalue weighted by Gasteiger charge is 2.20. The molecule has 3 N–H and O–H groups in total. The van der Waals surface area contributed by atoms with Gasteiger partial charge in [0.1, 0.15) is 0 Å². The molecule has 0 unspecified atom stereocenters. The summed E-state index contributed by atoms with van der Waals surface area (Å²) in [5.41, 5.74) is 4.77. The van der Waals surface area contributed by atoms with Crippen molar-refractivity contribution in [2.24, 2.45) is 0 Å². The Kier molecular flexibility index (Phi) is 4.47. The number of carbonyl (C=O) groups is 1. The van der Waals surface area contributed by atoms with E-state index in [-0.39, 0.29) is 5.56 Å². The summed E-state index contributed by atoms with van der Waals surface area (Å²) in [5.74, 6) is -0.936. The van der Waals surface area contributed by atoms with Crippen molar-refractivity contribution in [3.8, 4) is 0 Å². The highest BCUT2D eigenvalue weighted by Crippen LogP contribution is 2.34. The molecule has 0 saturated heterocycles. The number of rotatable bonds is 3. The number of hydrogen-bond donors (Lipinski definition) is 3. The monoisotopic (exact) mass is 318 g/mol. The van der Waals surface area contributed by atoms with Crippen LogP contribution in [0.15, 0.2) is 73.4 Å². The Morgan fingerprint density at radius 2 is 1.46 bits per heavy atom. The van der Waals surface area contributed by atoms with E-state index in [1.54, 1.807) is 18.5 Å². The molecule has 0 aromatic heterocycles. The smallest absolute Gasteiger partial charge is 0.336 e. The molecular weight excluding hydrogens is 300 g/mol. The summed E-state index contributed by atoms with van der Waals surface area (Å²) < 4.78 is 0. The molecule has 0 radical (unpaired) electrons. The molecule has 0 aliphatic carbocycles. The Morgan fingerprint density at radius 1 is 0.875 bits per heavy atom. The van der Waals surface area contributed by atoms with Gasteiger partial charge in [-0.2, -0.15) is 0 Å². The number of hydrogen-bond acceptors (Lipinski definition) is 3. The maximum atomic E-state index is 11.8. The molecule has 0 saturated carbocycles. The molecule has 0 amide bonds. The summed E-state index contributed by atoms with van der Waals surface area (Å²) in [5, 5.41) is 15.7. The fraction of sp³-hybridized carbons (Fsp3) is 0.0500. The van der Waals surface area contributed by atoms with E-state index in [1.165, 1.54) is 0 Å². The topological polar surface area (TPSA) is 61.4 Å². The first kappa shape index (κ1) is 15.6. The van der Waals surface area contributed by atoms with Gasteiger partial charge in [-0.3, -0.25) is 0 Å². The van der Waals surface area contributed by atoms with Crippen LogP contribution >= 0.6 is 0 Å². The van der Waals surface area contributed by atoms with Crippen LogP contribution in [0, 0.1) is 6.92 Å². The van der Waals surface area contributed by atoms with Crippen LogP contribution in [-0.4, -0.2) is 11.1 Å². The first-order valence-corrected chi connectivity index (χ1v) is 7.65. The van der Waals surface area contributed by atoms with Gasteiger partial charge in [-0.15, -0.1) is 0 Å². The van der Waals surface area contributed by atoms with E-state index in [4.69, 9.17) is 0 Å². The van der Waals surface area contributed by atoms with Crippen molar-refractivity contribution in [1.82, 2.24) is 10.6 Å². The minimum Gasteiger partial charge on any atom is -0.478 e. The van der Waals surface area contributed by atoms with Gasteiger partial charge in [-0.25, -0.2) is 4.79 Å². The van der Waals surface area contributed by atoms with E-state index in [9.17, 15) is 9.90 Å². The Balaban J connectivity index is 2.31. The number of carboxylic acids is 1. The van der Waals surface area contributed by atoms with Crippen molar-refractivity contribution >= 4 is 17.1 Å². The number of carboxylic acid groups (broad SMARTS) is 1. The third-order valence-corrected chi connectivity index (χ3v) is 3.88. The van der Waals surface area contributed by atoms with Crippen LogP contribution in [0.3, 0.4) is 0 Å². The fourth-order valence-electron chi connectivity index (χ4n) is 2.80. The average Bonchev–Trinajstić information content (AvgIpc) is 2.99. The quantitative estimate of drug-likeness (QED) is 0.795. The minimum absolute atomic E-state index is 0.289. The Hall–Kier alpha value is -3.27. The standard InChI is InChI=1S/C20H18N2O2/c1-14-6-7-17(20(23)24)19(16-5-3-11-22-13-9-16)18(14)15-4-2-10-21-12-8-15/h2-13,21-22H,1H3,(H,23,24). The molecule has 4 heteroatoms. The summed E-state index contributed by atoms with van der Waals surface area (Å²) in [4.78, 5) is 11.8. The van der Waals surface area contributed by atoms with Crippen molar-refractivity contribution in [2.75, 3.05) is 0 Å². The lowest BCUT2D eigenvalue weighted by molar-refractivity contribution is 0.0696. The fourth-order valence-corrected chi connectivity index (χ4v) is 2.80.